The standard InChI is InChI=1S/C24H33N3OS.ClH/c1-4-17-5-7-21(8-6-17)27(16(2)28)22-15-29-23(26(22)3)25-24-12-18-9-19(13-24)11-20(10-18)14-24;/h5-8,18-20,22H,4,9-15H2,1-3H3;1H. The quantitative estimate of drug-likeness (QED) is 0.623. The molecule has 1 aromatic carbocycles. The van der Waals surface area contributed by atoms with Crippen molar-refractivity contribution in [2.24, 2.45) is 22.7 Å². The molecule has 0 radical (unpaired) electrons. The average Bonchev–Trinajstić information content (AvgIpc) is 3.01. The highest BCUT2D eigenvalue weighted by molar-refractivity contribution is 8.14. The smallest absolute Gasteiger partial charge is 0.225 e. The molecule has 5 fully saturated rings. The van der Waals surface area contributed by atoms with Crippen LogP contribution in [-0.4, -0.2) is 40.5 Å². The molecule has 0 aromatic heterocycles. The Morgan fingerprint density at radius 1 is 1.13 bits per heavy atom. The molecule has 5 aliphatic rings. The fourth-order valence-electron chi connectivity index (χ4n) is 6.71. The van der Waals surface area contributed by atoms with Crippen molar-refractivity contribution in [1.29, 1.82) is 0 Å². The van der Waals surface area contributed by atoms with Crippen molar-refractivity contribution in [3.8, 4) is 0 Å². The van der Waals surface area contributed by atoms with Crippen LogP contribution in [-0.2, 0) is 11.2 Å². The van der Waals surface area contributed by atoms with Crippen LogP contribution in [0, 0.1) is 17.8 Å². The van der Waals surface area contributed by atoms with Crippen LogP contribution >= 0.6 is 24.2 Å². The summed E-state index contributed by atoms with van der Waals surface area (Å²) >= 11 is 1.84. The van der Waals surface area contributed by atoms with Crippen LogP contribution in [0.15, 0.2) is 29.3 Å². The Kier molecular flexibility index (Phi) is 6.15. The fourth-order valence-corrected chi connectivity index (χ4v) is 7.96. The van der Waals surface area contributed by atoms with Gasteiger partial charge in [-0.3, -0.25) is 14.7 Å². The molecule has 1 aliphatic heterocycles. The molecule has 1 heterocycles. The lowest BCUT2D eigenvalue weighted by molar-refractivity contribution is -0.117. The molecule has 30 heavy (non-hydrogen) atoms. The Morgan fingerprint density at radius 2 is 1.70 bits per heavy atom. The number of carbonyl (C=O) groups excluding carboxylic acids is 1. The lowest BCUT2D eigenvalue weighted by Gasteiger charge is -2.55. The molecule has 164 valence electrons. The molecule has 4 bridgehead atoms. The second kappa shape index (κ2) is 8.38. The number of aliphatic imine (C=N–C) groups is 1. The minimum absolute atomic E-state index is 0. The van der Waals surface area contributed by atoms with Gasteiger partial charge in [0.2, 0.25) is 5.91 Å². The summed E-state index contributed by atoms with van der Waals surface area (Å²) in [5.41, 5.74) is 2.48. The summed E-state index contributed by atoms with van der Waals surface area (Å²) in [6.07, 6.45) is 9.26. The second-order valence-corrected chi connectivity index (χ2v) is 10.8. The van der Waals surface area contributed by atoms with Gasteiger partial charge < -0.3 is 4.90 Å². The highest BCUT2D eigenvalue weighted by Crippen LogP contribution is 2.57. The van der Waals surface area contributed by atoms with Crippen molar-refractivity contribution >= 4 is 40.9 Å². The third-order valence-corrected chi connectivity index (χ3v) is 8.81. The van der Waals surface area contributed by atoms with Crippen molar-refractivity contribution < 1.29 is 4.79 Å². The van der Waals surface area contributed by atoms with E-state index in [4.69, 9.17) is 4.99 Å². The first-order valence-electron chi connectivity index (χ1n) is 11.3. The van der Waals surface area contributed by atoms with Crippen LogP contribution < -0.4 is 4.90 Å². The number of carbonyl (C=O) groups is 1. The number of anilines is 1. The van der Waals surface area contributed by atoms with Gasteiger partial charge in [-0.05, 0) is 80.4 Å². The number of hydrogen-bond donors (Lipinski definition) is 0. The second-order valence-electron chi connectivity index (χ2n) is 9.85. The van der Waals surface area contributed by atoms with Crippen LogP contribution in [0.4, 0.5) is 5.69 Å². The van der Waals surface area contributed by atoms with Crippen molar-refractivity contribution in [3.63, 3.8) is 0 Å². The number of halogens is 1. The van der Waals surface area contributed by atoms with Gasteiger partial charge in [0.1, 0.15) is 6.17 Å². The van der Waals surface area contributed by atoms with Crippen LogP contribution in [0.3, 0.4) is 0 Å². The molecule has 1 aromatic rings. The van der Waals surface area contributed by atoms with E-state index < -0.39 is 0 Å². The average molecular weight is 448 g/mol. The summed E-state index contributed by atoms with van der Waals surface area (Å²) in [6.45, 7) is 3.84. The van der Waals surface area contributed by atoms with Gasteiger partial charge in [0.05, 0.1) is 5.54 Å². The zero-order valence-electron chi connectivity index (χ0n) is 18.3. The van der Waals surface area contributed by atoms with Gasteiger partial charge >= 0.3 is 0 Å². The van der Waals surface area contributed by atoms with E-state index in [1.807, 2.05) is 16.7 Å². The van der Waals surface area contributed by atoms with Crippen molar-refractivity contribution in [2.45, 2.75) is 70.5 Å². The molecule has 0 spiro atoms. The van der Waals surface area contributed by atoms with E-state index in [2.05, 4.69) is 43.1 Å². The molecule has 0 N–H and O–H groups in total. The molecular formula is C24H34ClN3OS. The van der Waals surface area contributed by atoms with Crippen molar-refractivity contribution in [2.75, 3.05) is 17.7 Å². The molecular weight excluding hydrogens is 414 g/mol. The largest absolute Gasteiger partial charge is 0.333 e. The first-order valence-corrected chi connectivity index (χ1v) is 12.3. The monoisotopic (exact) mass is 447 g/mol. The third-order valence-electron chi connectivity index (χ3n) is 7.71. The summed E-state index contributed by atoms with van der Waals surface area (Å²) < 4.78 is 0. The van der Waals surface area contributed by atoms with E-state index in [0.29, 0.717) is 0 Å². The minimum Gasteiger partial charge on any atom is -0.333 e. The normalized spacial score (nSPS) is 35.6. The number of thioether (sulfide) groups is 1. The lowest BCUT2D eigenvalue weighted by atomic mass is 9.53. The van der Waals surface area contributed by atoms with Crippen LogP contribution in [0.25, 0.3) is 0 Å². The Balaban J connectivity index is 0.00000218. The molecule has 1 unspecified atom stereocenters. The highest BCUT2D eigenvalue weighted by atomic mass is 35.5. The number of hydrogen-bond acceptors (Lipinski definition) is 3. The van der Waals surface area contributed by atoms with Gasteiger partial charge in [0, 0.05) is 25.4 Å². The van der Waals surface area contributed by atoms with E-state index in [0.717, 1.165) is 40.8 Å². The first kappa shape index (κ1) is 22.0. The van der Waals surface area contributed by atoms with Crippen LogP contribution in [0.2, 0.25) is 0 Å². The summed E-state index contributed by atoms with van der Waals surface area (Å²) in [5.74, 6) is 3.70. The fraction of sp³-hybridized carbons (Fsp3) is 0.667. The maximum Gasteiger partial charge on any atom is 0.225 e. The molecule has 6 rings (SSSR count). The molecule has 1 amide bonds. The molecule has 4 saturated carbocycles. The van der Waals surface area contributed by atoms with E-state index in [9.17, 15) is 4.79 Å². The Labute approximate surface area is 191 Å². The molecule has 6 heteroatoms. The molecule has 1 atom stereocenters. The highest BCUT2D eigenvalue weighted by Gasteiger charge is 2.51. The van der Waals surface area contributed by atoms with E-state index in [1.54, 1.807) is 6.92 Å². The predicted molar refractivity (Wildman–Crippen MR) is 129 cm³/mol. The van der Waals surface area contributed by atoms with Crippen molar-refractivity contribution in [1.82, 2.24) is 4.90 Å². The van der Waals surface area contributed by atoms with Crippen LogP contribution in [0.1, 0.15) is 57.9 Å². The first-order chi connectivity index (χ1) is 14.0. The maximum atomic E-state index is 12.6. The lowest BCUT2D eigenvalue weighted by Crippen LogP contribution is -2.51. The van der Waals surface area contributed by atoms with Gasteiger partial charge in [-0.15, -0.1) is 12.4 Å². The Hall–Kier alpha value is -1.20. The zero-order valence-corrected chi connectivity index (χ0v) is 20.0. The topological polar surface area (TPSA) is 35.9 Å². The van der Waals surface area contributed by atoms with Gasteiger partial charge in [0.15, 0.2) is 5.17 Å². The minimum atomic E-state index is 0. The molecule has 1 saturated heterocycles. The van der Waals surface area contributed by atoms with Crippen molar-refractivity contribution in [3.05, 3.63) is 29.8 Å². The number of benzene rings is 1. The zero-order chi connectivity index (χ0) is 20.2. The third kappa shape index (κ3) is 3.88. The summed E-state index contributed by atoms with van der Waals surface area (Å²) in [5, 5.41) is 1.15. The summed E-state index contributed by atoms with van der Waals surface area (Å²) in [6, 6.07) is 8.45. The van der Waals surface area contributed by atoms with E-state index in [1.165, 1.54) is 44.1 Å². The predicted octanol–water partition coefficient (Wildman–Crippen LogP) is 5.35. The summed E-state index contributed by atoms with van der Waals surface area (Å²) in [4.78, 5) is 22.2. The number of amides is 1. The number of aryl methyl sites for hydroxylation is 1. The number of amidine groups is 1. The van der Waals surface area contributed by atoms with Gasteiger partial charge in [-0.1, -0.05) is 30.8 Å². The number of rotatable bonds is 4. The Morgan fingerprint density at radius 3 is 2.20 bits per heavy atom. The number of nitrogens with zero attached hydrogens (tertiary/aromatic N) is 3. The Bertz CT molecular complexity index is 789. The summed E-state index contributed by atoms with van der Waals surface area (Å²) in [7, 11) is 2.13. The van der Waals surface area contributed by atoms with Gasteiger partial charge in [-0.25, -0.2) is 0 Å². The maximum absolute atomic E-state index is 12.6. The molecule has 4 aliphatic carbocycles. The van der Waals surface area contributed by atoms with E-state index in [-0.39, 0.29) is 30.0 Å². The van der Waals surface area contributed by atoms with E-state index >= 15 is 0 Å². The van der Waals surface area contributed by atoms with Crippen LogP contribution in [0.5, 0.6) is 0 Å². The molecule has 4 nitrogen and oxygen atoms in total. The van der Waals surface area contributed by atoms with Gasteiger partial charge in [-0.2, -0.15) is 0 Å². The SMILES string of the molecule is CCc1ccc(N(C(C)=O)C2CSC(=NC34CC5CC(CC(C5)C3)C4)N2C)cc1.Cl. The van der Waals surface area contributed by atoms with Gasteiger partial charge in [0.25, 0.3) is 0 Å².